The maximum absolute atomic E-state index is 13.3. The van der Waals surface area contributed by atoms with Gasteiger partial charge < -0.3 is 9.80 Å². The van der Waals surface area contributed by atoms with Crippen LogP contribution in [0.2, 0.25) is 5.02 Å². The molecule has 0 bridgehead atoms. The fraction of sp³-hybridized carbons (Fsp3) is 0.261. The highest BCUT2D eigenvalue weighted by molar-refractivity contribution is 7.92. The molecule has 34 heavy (non-hydrogen) atoms. The molecule has 0 saturated carbocycles. The molecule has 1 aromatic heterocycles. The van der Waals surface area contributed by atoms with E-state index in [1.54, 1.807) is 17.0 Å². The van der Waals surface area contributed by atoms with Crippen LogP contribution in [0.1, 0.15) is 18.4 Å². The molecule has 5 rings (SSSR count). The predicted molar refractivity (Wildman–Crippen MR) is 127 cm³/mol. The minimum absolute atomic E-state index is 0.00703. The van der Waals surface area contributed by atoms with Crippen LogP contribution in [-0.4, -0.2) is 43.7 Å². The second-order valence-electron chi connectivity index (χ2n) is 8.21. The molecule has 2 aliphatic heterocycles. The van der Waals surface area contributed by atoms with E-state index in [1.807, 2.05) is 18.2 Å². The van der Waals surface area contributed by atoms with Crippen molar-refractivity contribution in [2.75, 3.05) is 27.6 Å². The monoisotopic (exact) mass is 501 g/mol. The van der Waals surface area contributed by atoms with E-state index in [0.29, 0.717) is 23.7 Å². The van der Waals surface area contributed by atoms with Crippen LogP contribution < -0.4 is 14.5 Å². The molecule has 2 aliphatic rings. The Labute approximate surface area is 201 Å². The maximum Gasteiger partial charge on any atom is 0.263 e. The van der Waals surface area contributed by atoms with E-state index in [9.17, 15) is 17.6 Å². The van der Waals surface area contributed by atoms with Gasteiger partial charge in [-0.15, -0.1) is 10.2 Å². The summed E-state index contributed by atoms with van der Waals surface area (Å²) >= 11 is 6.15. The molecule has 0 unspecified atom stereocenters. The van der Waals surface area contributed by atoms with Crippen molar-refractivity contribution < 1.29 is 17.6 Å². The van der Waals surface area contributed by atoms with E-state index in [2.05, 4.69) is 19.8 Å². The third-order valence-corrected chi connectivity index (χ3v) is 7.68. The Hall–Kier alpha value is -3.24. The first-order valence-electron chi connectivity index (χ1n) is 10.8. The number of hydrogen-bond donors (Lipinski definition) is 1. The Morgan fingerprint density at radius 2 is 1.82 bits per heavy atom. The number of carbonyl (C=O) groups excluding carboxylic acids is 1. The van der Waals surface area contributed by atoms with Gasteiger partial charge in [0.1, 0.15) is 6.04 Å². The number of aromatic nitrogens is 2. The topological polar surface area (TPSA) is 95.5 Å². The summed E-state index contributed by atoms with van der Waals surface area (Å²) in [7, 11) is -3.94. The minimum Gasteiger partial charge on any atom is -0.359 e. The van der Waals surface area contributed by atoms with E-state index in [1.165, 1.54) is 18.2 Å². The standard InChI is InChI=1S/C23H21ClFN5O3S/c24-16-3-8-19-15(14-16)2-1-12-30(19)20-11-13-29(23(20)31)17-4-6-18(7-5-17)34(32,33)28-22-10-9-21(25)26-27-22/h3-10,14,20H,1-2,11-13H2,(H,27,28)/t20-/m0/s1. The lowest BCUT2D eigenvalue weighted by Gasteiger charge is -2.35. The van der Waals surface area contributed by atoms with Gasteiger partial charge in [0.2, 0.25) is 11.9 Å². The molecule has 1 saturated heterocycles. The first-order chi connectivity index (χ1) is 16.3. The average molecular weight is 502 g/mol. The normalized spacial score (nSPS) is 18.2. The van der Waals surface area contributed by atoms with Crippen molar-refractivity contribution in [2.45, 2.75) is 30.2 Å². The highest BCUT2D eigenvalue weighted by atomic mass is 35.5. The number of nitrogens with zero attached hydrogens (tertiary/aromatic N) is 4. The summed E-state index contributed by atoms with van der Waals surface area (Å²) in [6.45, 7) is 1.34. The first-order valence-corrected chi connectivity index (χ1v) is 12.7. The number of hydrogen-bond acceptors (Lipinski definition) is 6. The van der Waals surface area contributed by atoms with Crippen molar-refractivity contribution in [3.8, 4) is 0 Å². The summed E-state index contributed by atoms with van der Waals surface area (Å²) in [6.07, 6.45) is 2.56. The van der Waals surface area contributed by atoms with Crippen molar-refractivity contribution in [1.29, 1.82) is 0 Å². The highest BCUT2D eigenvalue weighted by Gasteiger charge is 2.38. The number of fused-ring (bicyclic) bond motifs is 1. The third-order valence-electron chi connectivity index (χ3n) is 6.08. The molecule has 11 heteroatoms. The molecule has 3 aromatic rings. The molecule has 1 fully saturated rings. The van der Waals surface area contributed by atoms with Crippen molar-refractivity contribution >= 4 is 44.7 Å². The maximum atomic E-state index is 13.3. The zero-order valence-corrected chi connectivity index (χ0v) is 19.6. The number of amides is 1. The molecular weight excluding hydrogens is 481 g/mol. The molecule has 1 atom stereocenters. The zero-order valence-electron chi connectivity index (χ0n) is 18.0. The molecule has 0 aliphatic carbocycles. The van der Waals surface area contributed by atoms with E-state index in [4.69, 9.17) is 11.6 Å². The molecule has 1 N–H and O–H groups in total. The van der Waals surface area contributed by atoms with E-state index >= 15 is 0 Å². The molecule has 2 aromatic carbocycles. The molecule has 176 valence electrons. The Balaban J connectivity index is 1.32. The van der Waals surface area contributed by atoms with Crippen LogP contribution in [0, 0.1) is 5.95 Å². The first kappa shape index (κ1) is 22.5. The van der Waals surface area contributed by atoms with Crippen molar-refractivity contribution in [3.63, 3.8) is 0 Å². The Morgan fingerprint density at radius 3 is 2.56 bits per heavy atom. The quantitative estimate of drug-likeness (QED) is 0.573. The molecular formula is C23H21ClFN5O3S. The van der Waals surface area contributed by atoms with Crippen LogP contribution in [0.3, 0.4) is 0 Å². The summed E-state index contributed by atoms with van der Waals surface area (Å²) in [4.78, 5) is 17.1. The number of rotatable bonds is 5. The van der Waals surface area contributed by atoms with E-state index in [0.717, 1.165) is 36.7 Å². The van der Waals surface area contributed by atoms with Gasteiger partial charge in [-0.3, -0.25) is 9.52 Å². The number of benzene rings is 2. The lowest BCUT2D eigenvalue weighted by Crippen LogP contribution is -2.44. The van der Waals surface area contributed by atoms with Crippen LogP contribution in [0.4, 0.5) is 21.6 Å². The van der Waals surface area contributed by atoms with Gasteiger partial charge in [-0.1, -0.05) is 11.6 Å². The average Bonchev–Trinajstić information content (AvgIpc) is 3.21. The van der Waals surface area contributed by atoms with Crippen molar-refractivity contribution in [2.24, 2.45) is 0 Å². The summed E-state index contributed by atoms with van der Waals surface area (Å²) in [5.41, 5.74) is 2.83. The van der Waals surface area contributed by atoms with Gasteiger partial charge in [0.05, 0.1) is 4.90 Å². The minimum atomic E-state index is -3.94. The summed E-state index contributed by atoms with van der Waals surface area (Å²) in [5.74, 6) is -0.915. The largest absolute Gasteiger partial charge is 0.359 e. The molecule has 0 radical (unpaired) electrons. The fourth-order valence-electron chi connectivity index (χ4n) is 4.50. The van der Waals surface area contributed by atoms with Gasteiger partial charge in [-0.25, -0.2) is 8.42 Å². The predicted octanol–water partition coefficient (Wildman–Crippen LogP) is 3.63. The van der Waals surface area contributed by atoms with Gasteiger partial charge in [0.15, 0.2) is 5.82 Å². The summed E-state index contributed by atoms with van der Waals surface area (Å²) in [6, 6.07) is 13.8. The number of carbonyl (C=O) groups is 1. The Bertz CT molecular complexity index is 1340. The number of anilines is 3. The van der Waals surface area contributed by atoms with Crippen molar-refractivity contribution in [3.05, 3.63) is 71.1 Å². The third kappa shape index (κ3) is 4.30. The second-order valence-corrected chi connectivity index (χ2v) is 10.3. The number of aryl methyl sites for hydroxylation is 1. The fourth-order valence-corrected chi connectivity index (χ4v) is 5.69. The number of nitrogens with one attached hydrogen (secondary N) is 1. The van der Waals surface area contributed by atoms with E-state index in [-0.39, 0.29) is 22.7 Å². The SMILES string of the molecule is O=C1[C@@H](N2CCCc3cc(Cl)ccc32)CCN1c1ccc(S(=O)(=O)Nc2ccc(F)nn2)cc1. The van der Waals surface area contributed by atoms with Crippen LogP contribution in [-0.2, 0) is 21.2 Å². The van der Waals surface area contributed by atoms with Gasteiger partial charge in [0.25, 0.3) is 10.0 Å². The van der Waals surface area contributed by atoms with E-state index < -0.39 is 16.0 Å². The smallest absolute Gasteiger partial charge is 0.263 e. The van der Waals surface area contributed by atoms with Gasteiger partial charge >= 0.3 is 0 Å². The highest BCUT2D eigenvalue weighted by Crippen LogP contribution is 2.35. The van der Waals surface area contributed by atoms with Crippen LogP contribution in [0.25, 0.3) is 0 Å². The molecule has 0 spiro atoms. The van der Waals surface area contributed by atoms with Crippen LogP contribution >= 0.6 is 11.6 Å². The lowest BCUT2D eigenvalue weighted by molar-refractivity contribution is -0.118. The van der Waals surface area contributed by atoms with Gasteiger partial charge in [-0.05, 0) is 79.4 Å². The van der Waals surface area contributed by atoms with Crippen LogP contribution in [0.5, 0.6) is 0 Å². The molecule has 1 amide bonds. The lowest BCUT2D eigenvalue weighted by atomic mass is 9.99. The van der Waals surface area contributed by atoms with Crippen LogP contribution in [0.15, 0.2) is 59.5 Å². The number of halogens is 2. The summed E-state index contributed by atoms with van der Waals surface area (Å²) in [5, 5.41) is 7.36. The van der Waals surface area contributed by atoms with Gasteiger partial charge in [-0.2, -0.15) is 4.39 Å². The van der Waals surface area contributed by atoms with Gasteiger partial charge in [0, 0.05) is 29.5 Å². The molecule has 8 nitrogen and oxygen atoms in total. The number of sulfonamides is 1. The zero-order chi connectivity index (χ0) is 23.9. The molecule has 3 heterocycles. The van der Waals surface area contributed by atoms with Crippen molar-refractivity contribution in [1.82, 2.24) is 10.2 Å². The second kappa shape index (κ2) is 8.84. The Morgan fingerprint density at radius 1 is 1.03 bits per heavy atom. The summed E-state index contributed by atoms with van der Waals surface area (Å²) < 4.78 is 40.4. The Kier molecular flexibility index (Phi) is 5.86.